The Morgan fingerprint density at radius 2 is 2.07 bits per heavy atom. The van der Waals surface area contributed by atoms with E-state index in [1.165, 1.54) is 16.6 Å². The summed E-state index contributed by atoms with van der Waals surface area (Å²) in [6, 6.07) is 10.5. The first-order valence-corrected chi connectivity index (χ1v) is 5.28. The van der Waals surface area contributed by atoms with E-state index in [-0.39, 0.29) is 0 Å². The quantitative estimate of drug-likeness (QED) is 0.704. The van der Waals surface area contributed by atoms with Crippen molar-refractivity contribution >= 4 is 10.9 Å². The number of hydrogen-bond donors (Lipinski definition) is 0. The van der Waals surface area contributed by atoms with Gasteiger partial charge in [-0.05, 0) is 24.6 Å². The molecule has 2 heterocycles. The van der Waals surface area contributed by atoms with Crippen LogP contribution in [0.5, 0.6) is 0 Å². The molecule has 2 aromatic rings. The largest absolute Gasteiger partial charge is 0.380 e. The highest BCUT2D eigenvalue weighted by molar-refractivity contribution is 5.82. The molecule has 1 aliphatic heterocycles. The molecule has 3 rings (SSSR count). The maximum absolute atomic E-state index is 5.20. The fraction of sp³-hybridized carbons (Fsp3) is 0.308. The molecule has 1 aromatic carbocycles. The van der Waals surface area contributed by atoms with Gasteiger partial charge in [0.25, 0.3) is 0 Å². The topological polar surface area (TPSA) is 22.1 Å². The van der Waals surface area contributed by atoms with E-state index in [0.717, 1.165) is 18.7 Å². The van der Waals surface area contributed by atoms with Crippen LogP contribution >= 0.6 is 0 Å². The zero-order valence-corrected chi connectivity index (χ0v) is 8.73. The second kappa shape index (κ2) is 3.31. The molecule has 1 saturated heterocycles. The summed E-state index contributed by atoms with van der Waals surface area (Å²) in [6.07, 6.45) is 0. The molecule has 0 bridgehead atoms. The van der Waals surface area contributed by atoms with Crippen LogP contribution in [0.2, 0.25) is 0 Å². The third kappa shape index (κ3) is 1.41. The molecular weight excluding hydrogens is 186 g/mol. The SMILES string of the molecule is Cc1cc(C2COC2)nc2ccccc12. The summed E-state index contributed by atoms with van der Waals surface area (Å²) in [4.78, 5) is 4.68. The van der Waals surface area contributed by atoms with Gasteiger partial charge >= 0.3 is 0 Å². The molecule has 1 fully saturated rings. The van der Waals surface area contributed by atoms with E-state index >= 15 is 0 Å². The first-order valence-electron chi connectivity index (χ1n) is 5.28. The normalized spacial score (nSPS) is 16.6. The molecule has 0 radical (unpaired) electrons. The van der Waals surface area contributed by atoms with Crippen molar-refractivity contribution in [3.63, 3.8) is 0 Å². The second-order valence-electron chi connectivity index (χ2n) is 4.12. The van der Waals surface area contributed by atoms with Gasteiger partial charge in [-0.2, -0.15) is 0 Å². The number of aryl methyl sites for hydroxylation is 1. The van der Waals surface area contributed by atoms with Crippen LogP contribution in [0.25, 0.3) is 10.9 Å². The van der Waals surface area contributed by atoms with E-state index in [4.69, 9.17) is 4.74 Å². The lowest BCUT2D eigenvalue weighted by atomic mass is 10.00. The number of para-hydroxylation sites is 1. The van der Waals surface area contributed by atoms with Gasteiger partial charge in [0, 0.05) is 17.0 Å². The minimum atomic E-state index is 0.508. The molecule has 2 heteroatoms. The van der Waals surface area contributed by atoms with Crippen LogP contribution in [0.1, 0.15) is 17.2 Å². The first-order chi connectivity index (χ1) is 7.34. The van der Waals surface area contributed by atoms with Crippen LogP contribution in [-0.2, 0) is 4.74 Å². The molecular formula is C13H13NO. The molecule has 1 aromatic heterocycles. The summed E-state index contributed by atoms with van der Waals surface area (Å²) in [5.41, 5.74) is 3.58. The second-order valence-corrected chi connectivity index (χ2v) is 4.12. The minimum absolute atomic E-state index is 0.508. The van der Waals surface area contributed by atoms with Crippen molar-refractivity contribution < 1.29 is 4.74 Å². The number of pyridine rings is 1. The Morgan fingerprint density at radius 3 is 2.80 bits per heavy atom. The molecule has 0 spiro atoms. The number of aromatic nitrogens is 1. The van der Waals surface area contributed by atoms with Crippen LogP contribution in [-0.4, -0.2) is 18.2 Å². The van der Waals surface area contributed by atoms with Gasteiger partial charge in [-0.1, -0.05) is 18.2 Å². The van der Waals surface area contributed by atoms with E-state index in [2.05, 4.69) is 36.2 Å². The number of ether oxygens (including phenoxy) is 1. The van der Waals surface area contributed by atoms with Crippen LogP contribution in [0.3, 0.4) is 0 Å². The van der Waals surface area contributed by atoms with Crippen molar-refractivity contribution in [1.29, 1.82) is 0 Å². The van der Waals surface area contributed by atoms with Crippen LogP contribution in [0.15, 0.2) is 30.3 Å². The molecule has 0 aliphatic carbocycles. The van der Waals surface area contributed by atoms with Crippen LogP contribution in [0.4, 0.5) is 0 Å². The van der Waals surface area contributed by atoms with Crippen molar-refractivity contribution in [2.75, 3.05) is 13.2 Å². The van der Waals surface area contributed by atoms with Crippen molar-refractivity contribution in [2.45, 2.75) is 12.8 Å². The summed E-state index contributed by atoms with van der Waals surface area (Å²) in [6.45, 7) is 3.79. The zero-order valence-electron chi connectivity index (χ0n) is 8.73. The van der Waals surface area contributed by atoms with Crippen molar-refractivity contribution in [3.8, 4) is 0 Å². The number of rotatable bonds is 1. The monoisotopic (exact) mass is 199 g/mol. The van der Waals surface area contributed by atoms with Crippen LogP contribution < -0.4 is 0 Å². The maximum Gasteiger partial charge on any atom is 0.0708 e. The average molecular weight is 199 g/mol. The molecule has 0 N–H and O–H groups in total. The number of benzene rings is 1. The van der Waals surface area contributed by atoms with Gasteiger partial charge in [-0.3, -0.25) is 4.98 Å². The molecule has 2 nitrogen and oxygen atoms in total. The highest BCUT2D eigenvalue weighted by atomic mass is 16.5. The molecule has 0 saturated carbocycles. The summed E-state index contributed by atoms with van der Waals surface area (Å²) in [5, 5.41) is 1.25. The fourth-order valence-corrected chi connectivity index (χ4v) is 1.99. The molecule has 15 heavy (non-hydrogen) atoms. The van der Waals surface area contributed by atoms with Gasteiger partial charge < -0.3 is 4.74 Å². The fourth-order valence-electron chi connectivity index (χ4n) is 1.99. The lowest BCUT2D eigenvalue weighted by Gasteiger charge is -2.25. The molecule has 0 amide bonds. The zero-order chi connectivity index (χ0) is 10.3. The Balaban J connectivity index is 2.18. The summed E-state index contributed by atoms with van der Waals surface area (Å²) in [7, 11) is 0. The highest BCUT2D eigenvalue weighted by Gasteiger charge is 2.22. The summed E-state index contributed by atoms with van der Waals surface area (Å²) in [5.74, 6) is 0.508. The predicted molar refractivity (Wildman–Crippen MR) is 60.0 cm³/mol. The maximum atomic E-state index is 5.20. The minimum Gasteiger partial charge on any atom is -0.380 e. The smallest absolute Gasteiger partial charge is 0.0708 e. The standard InChI is InChI=1S/C13H13NO/c1-9-6-13(10-7-15-8-10)14-12-5-3-2-4-11(9)12/h2-6,10H,7-8H2,1H3. The Morgan fingerprint density at radius 1 is 1.27 bits per heavy atom. The molecule has 0 atom stereocenters. The average Bonchev–Trinajstić information content (AvgIpc) is 2.15. The molecule has 76 valence electrons. The highest BCUT2D eigenvalue weighted by Crippen LogP contribution is 2.26. The number of nitrogens with zero attached hydrogens (tertiary/aromatic N) is 1. The molecule has 0 unspecified atom stereocenters. The van der Waals surface area contributed by atoms with Gasteiger partial charge in [-0.25, -0.2) is 0 Å². The van der Waals surface area contributed by atoms with Gasteiger partial charge in [0.1, 0.15) is 0 Å². The van der Waals surface area contributed by atoms with Gasteiger partial charge in [0.05, 0.1) is 18.7 Å². The summed E-state index contributed by atoms with van der Waals surface area (Å²) < 4.78 is 5.20. The van der Waals surface area contributed by atoms with E-state index in [1.807, 2.05) is 6.07 Å². The lowest BCUT2D eigenvalue weighted by molar-refractivity contribution is 0.00682. The first kappa shape index (κ1) is 8.86. The Labute approximate surface area is 88.9 Å². The Bertz CT molecular complexity index is 503. The van der Waals surface area contributed by atoms with E-state index in [1.54, 1.807) is 0 Å². The Hall–Kier alpha value is -1.41. The van der Waals surface area contributed by atoms with Crippen LogP contribution in [0, 0.1) is 6.92 Å². The van der Waals surface area contributed by atoms with Gasteiger partial charge in [-0.15, -0.1) is 0 Å². The summed E-state index contributed by atoms with van der Waals surface area (Å²) >= 11 is 0. The van der Waals surface area contributed by atoms with Crippen molar-refractivity contribution in [3.05, 3.63) is 41.6 Å². The van der Waals surface area contributed by atoms with Gasteiger partial charge in [0.2, 0.25) is 0 Å². The number of fused-ring (bicyclic) bond motifs is 1. The van der Waals surface area contributed by atoms with E-state index in [9.17, 15) is 0 Å². The predicted octanol–water partition coefficient (Wildman–Crippen LogP) is 2.66. The third-order valence-corrected chi connectivity index (χ3v) is 3.00. The number of hydrogen-bond acceptors (Lipinski definition) is 2. The lowest BCUT2D eigenvalue weighted by Crippen LogP contribution is -2.26. The van der Waals surface area contributed by atoms with Crippen molar-refractivity contribution in [1.82, 2.24) is 4.98 Å². The Kier molecular flexibility index (Phi) is 1.96. The van der Waals surface area contributed by atoms with Crippen molar-refractivity contribution in [2.24, 2.45) is 0 Å². The van der Waals surface area contributed by atoms with E-state index in [0.29, 0.717) is 5.92 Å². The molecule has 1 aliphatic rings. The van der Waals surface area contributed by atoms with E-state index < -0.39 is 0 Å². The van der Waals surface area contributed by atoms with Gasteiger partial charge in [0.15, 0.2) is 0 Å². The third-order valence-electron chi connectivity index (χ3n) is 3.00.